The van der Waals surface area contributed by atoms with Gasteiger partial charge >= 0.3 is 0 Å². The van der Waals surface area contributed by atoms with Crippen LogP contribution in [0, 0.1) is 11.6 Å². The van der Waals surface area contributed by atoms with Crippen molar-refractivity contribution in [1.82, 2.24) is 25.4 Å². The lowest BCUT2D eigenvalue weighted by Gasteiger charge is -2.23. The number of hydrogen-bond acceptors (Lipinski definition) is 4. The van der Waals surface area contributed by atoms with Gasteiger partial charge in [0, 0.05) is 26.1 Å². The van der Waals surface area contributed by atoms with Crippen molar-refractivity contribution < 1.29 is 13.5 Å². The predicted molar refractivity (Wildman–Crippen MR) is 111 cm³/mol. The zero-order valence-corrected chi connectivity index (χ0v) is 17.6. The van der Waals surface area contributed by atoms with E-state index in [0.29, 0.717) is 31.2 Å². The van der Waals surface area contributed by atoms with Crippen molar-refractivity contribution in [3.05, 3.63) is 47.5 Å². The van der Waals surface area contributed by atoms with Gasteiger partial charge in [-0.2, -0.15) is 0 Å². The summed E-state index contributed by atoms with van der Waals surface area (Å²) in [6.45, 7) is 6.55. The van der Waals surface area contributed by atoms with Gasteiger partial charge in [-0.1, -0.05) is 13.0 Å². The molecule has 2 unspecified atom stereocenters. The van der Waals surface area contributed by atoms with E-state index < -0.39 is 11.6 Å². The van der Waals surface area contributed by atoms with Crippen molar-refractivity contribution >= 4 is 5.96 Å². The Morgan fingerprint density at radius 2 is 2.20 bits per heavy atom. The summed E-state index contributed by atoms with van der Waals surface area (Å²) in [6, 6.07) is 3.67. The summed E-state index contributed by atoms with van der Waals surface area (Å²) in [6.07, 6.45) is 5.87. The average molecular weight is 421 g/mol. The van der Waals surface area contributed by atoms with E-state index >= 15 is 0 Å². The van der Waals surface area contributed by atoms with Crippen LogP contribution < -0.4 is 10.6 Å². The number of aromatic nitrogens is 3. The van der Waals surface area contributed by atoms with Crippen molar-refractivity contribution in [3.63, 3.8) is 0 Å². The quantitative estimate of drug-likeness (QED) is 0.507. The Hall–Kier alpha value is -2.55. The van der Waals surface area contributed by atoms with Crippen LogP contribution in [0.2, 0.25) is 0 Å². The molecule has 2 aromatic rings. The average Bonchev–Trinajstić information content (AvgIpc) is 3.22. The van der Waals surface area contributed by atoms with E-state index in [1.807, 2.05) is 18.4 Å². The van der Waals surface area contributed by atoms with Crippen molar-refractivity contribution in [3.8, 4) is 0 Å². The van der Waals surface area contributed by atoms with Gasteiger partial charge in [-0.25, -0.2) is 8.78 Å². The molecule has 1 saturated heterocycles. The first-order valence-electron chi connectivity index (χ1n) is 10.5. The van der Waals surface area contributed by atoms with Gasteiger partial charge in [-0.3, -0.25) is 4.99 Å². The van der Waals surface area contributed by atoms with Gasteiger partial charge in [0.15, 0.2) is 17.6 Å². The first-order valence-corrected chi connectivity index (χ1v) is 10.5. The smallest absolute Gasteiger partial charge is 0.191 e. The van der Waals surface area contributed by atoms with E-state index in [0.717, 1.165) is 44.2 Å². The molecule has 0 bridgehead atoms. The zero-order valence-electron chi connectivity index (χ0n) is 17.6. The summed E-state index contributed by atoms with van der Waals surface area (Å²) in [7, 11) is 0. The number of hydrogen-bond donors (Lipinski definition) is 2. The van der Waals surface area contributed by atoms with Crippen molar-refractivity contribution in [1.29, 1.82) is 0 Å². The van der Waals surface area contributed by atoms with E-state index in [-0.39, 0.29) is 12.1 Å². The lowest BCUT2D eigenvalue weighted by atomic mass is 10.1. The fourth-order valence-electron chi connectivity index (χ4n) is 3.40. The number of aliphatic imine (C=N–C) groups is 1. The van der Waals surface area contributed by atoms with Crippen LogP contribution in [0.25, 0.3) is 0 Å². The Kier molecular flexibility index (Phi) is 8.12. The van der Waals surface area contributed by atoms with E-state index in [1.54, 1.807) is 12.4 Å². The third kappa shape index (κ3) is 6.22. The molecule has 0 spiro atoms. The number of rotatable bonds is 8. The minimum atomic E-state index is -0.858. The first-order chi connectivity index (χ1) is 14.6. The predicted octanol–water partition coefficient (Wildman–Crippen LogP) is 2.98. The topological polar surface area (TPSA) is 76.4 Å². The van der Waals surface area contributed by atoms with Crippen LogP contribution in [-0.2, 0) is 17.7 Å². The lowest BCUT2D eigenvalue weighted by Crippen LogP contribution is -2.41. The maximum atomic E-state index is 13.6. The molecule has 1 aliphatic heterocycles. The fourth-order valence-corrected chi connectivity index (χ4v) is 3.40. The molecular formula is C21H30F2N6O. The normalized spacial score (nSPS) is 18.3. The van der Waals surface area contributed by atoms with Crippen molar-refractivity contribution in [2.24, 2.45) is 4.99 Å². The van der Waals surface area contributed by atoms with Crippen molar-refractivity contribution in [2.45, 2.75) is 58.2 Å². The van der Waals surface area contributed by atoms with Gasteiger partial charge in [0.2, 0.25) is 0 Å². The summed E-state index contributed by atoms with van der Waals surface area (Å²) >= 11 is 0. The summed E-state index contributed by atoms with van der Waals surface area (Å²) in [5.74, 6) is -0.183. The molecule has 0 amide bonds. The number of halogens is 2. The maximum Gasteiger partial charge on any atom is 0.191 e. The molecule has 1 aromatic heterocycles. The number of guanidine groups is 1. The number of benzene rings is 1. The second-order valence-corrected chi connectivity index (χ2v) is 7.44. The highest BCUT2D eigenvalue weighted by Gasteiger charge is 2.15. The first kappa shape index (κ1) is 22.1. The minimum Gasteiger partial charge on any atom is -0.376 e. The molecule has 3 rings (SSSR count). The van der Waals surface area contributed by atoms with Crippen LogP contribution in [0.1, 0.15) is 50.5 Å². The molecule has 0 saturated carbocycles. The molecule has 9 heteroatoms. The standard InChI is InChI=1S/C21H30F2N6O/c1-3-20-28-26-14-29(20)10-9-24-21(25-13-17-6-4-5-11-30-17)27-15(2)16-7-8-18(22)19(23)12-16/h7-8,12,14-15,17H,3-6,9-11,13H2,1-2H3,(H2,24,25,27). The van der Waals surface area contributed by atoms with Crippen LogP contribution >= 0.6 is 0 Å². The lowest BCUT2D eigenvalue weighted by molar-refractivity contribution is 0.0224. The molecule has 1 fully saturated rings. The van der Waals surface area contributed by atoms with Crippen LogP contribution in [0.5, 0.6) is 0 Å². The number of ether oxygens (including phenoxy) is 1. The van der Waals surface area contributed by atoms with Crippen LogP contribution in [-0.4, -0.2) is 46.5 Å². The minimum absolute atomic E-state index is 0.112. The SMILES string of the molecule is CCc1nncn1CCNC(=NCC1CCCCO1)NC(C)c1ccc(F)c(F)c1. The maximum absolute atomic E-state index is 13.6. The molecule has 0 aliphatic carbocycles. The Balaban J connectivity index is 1.63. The molecule has 7 nitrogen and oxygen atoms in total. The second-order valence-electron chi connectivity index (χ2n) is 7.44. The van der Waals surface area contributed by atoms with E-state index in [1.165, 1.54) is 6.07 Å². The summed E-state index contributed by atoms with van der Waals surface area (Å²) in [5, 5.41) is 14.6. The Morgan fingerprint density at radius 1 is 1.33 bits per heavy atom. The third-order valence-corrected chi connectivity index (χ3v) is 5.18. The van der Waals surface area contributed by atoms with E-state index in [2.05, 4.69) is 25.8 Å². The van der Waals surface area contributed by atoms with Crippen LogP contribution in [0.15, 0.2) is 29.5 Å². The second kappa shape index (κ2) is 11.0. The van der Waals surface area contributed by atoms with Crippen LogP contribution in [0.4, 0.5) is 8.78 Å². The van der Waals surface area contributed by atoms with Gasteiger partial charge in [-0.15, -0.1) is 10.2 Å². The van der Waals surface area contributed by atoms with Crippen molar-refractivity contribution in [2.75, 3.05) is 19.7 Å². The molecule has 1 aromatic carbocycles. The highest BCUT2D eigenvalue weighted by molar-refractivity contribution is 5.80. The van der Waals surface area contributed by atoms with Gasteiger partial charge < -0.3 is 19.9 Å². The molecule has 0 radical (unpaired) electrons. The van der Waals surface area contributed by atoms with Gasteiger partial charge in [0.1, 0.15) is 12.2 Å². The monoisotopic (exact) mass is 420 g/mol. The number of nitrogens with one attached hydrogen (secondary N) is 2. The largest absolute Gasteiger partial charge is 0.376 e. The van der Waals surface area contributed by atoms with Gasteiger partial charge in [0.25, 0.3) is 0 Å². The number of nitrogens with zero attached hydrogens (tertiary/aromatic N) is 4. The van der Waals surface area contributed by atoms with E-state index in [9.17, 15) is 8.78 Å². The Labute approximate surface area is 175 Å². The molecule has 2 N–H and O–H groups in total. The number of aryl methyl sites for hydroxylation is 1. The molecule has 2 atom stereocenters. The highest BCUT2D eigenvalue weighted by Crippen LogP contribution is 2.16. The molecule has 30 heavy (non-hydrogen) atoms. The van der Waals surface area contributed by atoms with E-state index in [4.69, 9.17) is 4.74 Å². The summed E-state index contributed by atoms with van der Waals surface area (Å²) in [5.41, 5.74) is 0.643. The Bertz CT molecular complexity index is 835. The molecule has 164 valence electrons. The highest BCUT2D eigenvalue weighted by atomic mass is 19.2. The zero-order chi connectivity index (χ0) is 21.3. The Morgan fingerprint density at radius 3 is 2.93 bits per heavy atom. The molecule has 1 aliphatic rings. The summed E-state index contributed by atoms with van der Waals surface area (Å²) in [4.78, 5) is 4.68. The molecular weight excluding hydrogens is 390 g/mol. The van der Waals surface area contributed by atoms with Crippen LogP contribution in [0.3, 0.4) is 0 Å². The molecule has 2 heterocycles. The summed E-state index contributed by atoms with van der Waals surface area (Å²) < 4.78 is 34.6. The third-order valence-electron chi connectivity index (χ3n) is 5.18. The van der Waals surface area contributed by atoms with Gasteiger partial charge in [-0.05, 0) is 43.9 Å². The van der Waals surface area contributed by atoms with Gasteiger partial charge in [0.05, 0.1) is 18.7 Å². The fraction of sp³-hybridized carbons (Fsp3) is 0.571.